The summed E-state index contributed by atoms with van der Waals surface area (Å²) in [6.07, 6.45) is 2.83. The van der Waals surface area contributed by atoms with Gasteiger partial charge in [-0.25, -0.2) is 8.78 Å². The van der Waals surface area contributed by atoms with E-state index in [1.165, 1.54) is 10.7 Å². The molecule has 4 nitrogen and oxygen atoms in total. The highest BCUT2D eigenvalue weighted by atomic mass is 19.1. The lowest BCUT2D eigenvalue weighted by atomic mass is 10.1. The first-order chi connectivity index (χ1) is 7.24. The molecule has 0 aliphatic rings. The predicted molar refractivity (Wildman–Crippen MR) is 48.3 cm³/mol. The highest BCUT2D eigenvalue weighted by Crippen LogP contribution is 2.17. The van der Waals surface area contributed by atoms with Gasteiger partial charge in [0.25, 0.3) is 0 Å². The molecule has 0 bridgehead atoms. The maximum atomic E-state index is 13.6. The van der Waals surface area contributed by atoms with Gasteiger partial charge in [-0.15, -0.1) is 10.2 Å². The molecule has 0 aliphatic heterocycles. The minimum atomic E-state index is -0.707. The summed E-state index contributed by atoms with van der Waals surface area (Å²) in [5, 5.41) is 15.6. The van der Waals surface area contributed by atoms with Crippen LogP contribution in [-0.2, 0) is 6.42 Å². The van der Waals surface area contributed by atoms with Crippen LogP contribution >= 0.6 is 0 Å². The van der Waals surface area contributed by atoms with E-state index in [2.05, 4.69) is 10.2 Å². The molecule has 2 rings (SSSR count). The van der Waals surface area contributed by atoms with Crippen LogP contribution in [0.25, 0.3) is 5.65 Å². The van der Waals surface area contributed by atoms with E-state index in [1.807, 2.05) is 0 Å². The summed E-state index contributed by atoms with van der Waals surface area (Å²) in [7, 11) is 0. The fourth-order valence-corrected chi connectivity index (χ4v) is 1.42. The summed E-state index contributed by atoms with van der Waals surface area (Å²) < 4.78 is 28.2. The minimum Gasteiger partial charge on any atom is -0.396 e. The van der Waals surface area contributed by atoms with Crippen molar-refractivity contribution in [1.29, 1.82) is 0 Å². The number of pyridine rings is 1. The molecule has 0 atom stereocenters. The number of nitrogens with zero attached hydrogens (tertiary/aromatic N) is 3. The van der Waals surface area contributed by atoms with Crippen LogP contribution in [0.3, 0.4) is 0 Å². The fraction of sp³-hybridized carbons (Fsp3) is 0.333. The maximum Gasteiger partial charge on any atom is 0.197 e. The first-order valence-electron chi connectivity index (χ1n) is 4.51. The van der Waals surface area contributed by atoms with Crippen molar-refractivity contribution in [2.75, 3.05) is 6.61 Å². The van der Waals surface area contributed by atoms with Gasteiger partial charge < -0.3 is 5.11 Å². The van der Waals surface area contributed by atoms with E-state index in [0.717, 1.165) is 6.20 Å². The van der Waals surface area contributed by atoms with Crippen molar-refractivity contribution in [3.8, 4) is 0 Å². The third-order valence-electron chi connectivity index (χ3n) is 2.16. The fourth-order valence-electron chi connectivity index (χ4n) is 1.42. The predicted octanol–water partition coefficient (Wildman–Crippen LogP) is 0.932. The Morgan fingerprint density at radius 2 is 2.20 bits per heavy atom. The quantitative estimate of drug-likeness (QED) is 0.825. The molecule has 6 heteroatoms. The molecule has 80 valence electrons. The SMILES string of the molecule is OCCCc1c(F)cn2cnnc2c1F. The zero-order valence-corrected chi connectivity index (χ0v) is 7.82. The van der Waals surface area contributed by atoms with Gasteiger partial charge in [-0.2, -0.15) is 0 Å². The second-order valence-electron chi connectivity index (χ2n) is 3.16. The van der Waals surface area contributed by atoms with E-state index in [1.54, 1.807) is 0 Å². The van der Waals surface area contributed by atoms with Crippen molar-refractivity contribution < 1.29 is 13.9 Å². The first kappa shape index (κ1) is 9.97. The molecule has 0 radical (unpaired) electrons. The Morgan fingerprint density at radius 3 is 2.93 bits per heavy atom. The van der Waals surface area contributed by atoms with Gasteiger partial charge in [-0.3, -0.25) is 4.40 Å². The molecule has 0 aliphatic carbocycles. The number of rotatable bonds is 3. The molecular weight excluding hydrogens is 204 g/mol. The van der Waals surface area contributed by atoms with Gasteiger partial charge in [-0.05, 0) is 12.8 Å². The summed E-state index contributed by atoms with van der Waals surface area (Å²) in [6.45, 7) is -0.100. The summed E-state index contributed by atoms with van der Waals surface area (Å²) in [6, 6.07) is 0. The number of fused-ring (bicyclic) bond motifs is 1. The molecule has 15 heavy (non-hydrogen) atoms. The Balaban J connectivity index is 2.52. The Kier molecular flexibility index (Phi) is 2.59. The van der Waals surface area contributed by atoms with Crippen molar-refractivity contribution in [3.63, 3.8) is 0 Å². The molecule has 0 fully saturated rings. The van der Waals surface area contributed by atoms with Gasteiger partial charge in [-0.1, -0.05) is 0 Å². The van der Waals surface area contributed by atoms with Gasteiger partial charge in [0.15, 0.2) is 11.5 Å². The molecule has 2 aromatic heterocycles. The maximum absolute atomic E-state index is 13.6. The van der Waals surface area contributed by atoms with Crippen molar-refractivity contribution in [2.45, 2.75) is 12.8 Å². The lowest BCUT2D eigenvalue weighted by molar-refractivity contribution is 0.287. The zero-order chi connectivity index (χ0) is 10.8. The number of aliphatic hydroxyl groups excluding tert-OH is 1. The van der Waals surface area contributed by atoms with E-state index in [9.17, 15) is 8.78 Å². The van der Waals surface area contributed by atoms with Crippen LogP contribution in [0.5, 0.6) is 0 Å². The molecule has 0 aromatic carbocycles. The highest BCUT2D eigenvalue weighted by molar-refractivity contribution is 5.42. The zero-order valence-electron chi connectivity index (χ0n) is 7.82. The molecule has 0 saturated heterocycles. The third-order valence-corrected chi connectivity index (χ3v) is 2.16. The van der Waals surface area contributed by atoms with Crippen molar-refractivity contribution in [3.05, 3.63) is 29.7 Å². The molecule has 0 saturated carbocycles. The molecular formula is C9H9F2N3O. The number of halogens is 2. The lowest BCUT2D eigenvalue weighted by Crippen LogP contribution is -2.02. The summed E-state index contributed by atoms with van der Waals surface area (Å²) in [5.74, 6) is -1.35. The van der Waals surface area contributed by atoms with E-state index in [4.69, 9.17) is 5.11 Å². The van der Waals surface area contributed by atoms with Crippen LogP contribution in [-0.4, -0.2) is 26.3 Å². The first-order valence-corrected chi connectivity index (χ1v) is 4.51. The molecule has 0 unspecified atom stereocenters. The number of hydrogen-bond donors (Lipinski definition) is 1. The summed E-state index contributed by atoms with van der Waals surface area (Å²) >= 11 is 0. The van der Waals surface area contributed by atoms with Crippen LogP contribution in [0.1, 0.15) is 12.0 Å². The van der Waals surface area contributed by atoms with Gasteiger partial charge in [0.2, 0.25) is 0 Å². The second-order valence-corrected chi connectivity index (χ2v) is 3.16. The van der Waals surface area contributed by atoms with Crippen molar-refractivity contribution >= 4 is 5.65 Å². The van der Waals surface area contributed by atoms with Gasteiger partial charge >= 0.3 is 0 Å². The Hall–Kier alpha value is -1.56. The van der Waals surface area contributed by atoms with Crippen LogP contribution in [0.2, 0.25) is 0 Å². The van der Waals surface area contributed by atoms with Gasteiger partial charge in [0.05, 0.1) is 0 Å². The third kappa shape index (κ3) is 1.68. The van der Waals surface area contributed by atoms with Crippen LogP contribution in [0.15, 0.2) is 12.5 Å². The molecule has 0 spiro atoms. The largest absolute Gasteiger partial charge is 0.396 e. The van der Waals surface area contributed by atoms with Crippen LogP contribution in [0.4, 0.5) is 8.78 Å². The average Bonchev–Trinajstić information content (AvgIpc) is 2.65. The number of hydrogen-bond acceptors (Lipinski definition) is 3. The Labute approximate surface area is 84.2 Å². The Bertz CT molecular complexity index is 483. The topological polar surface area (TPSA) is 50.4 Å². The monoisotopic (exact) mass is 213 g/mol. The highest BCUT2D eigenvalue weighted by Gasteiger charge is 2.14. The molecule has 2 heterocycles. The van der Waals surface area contributed by atoms with Gasteiger partial charge in [0, 0.05) is 18.4 Å². The molecule has 0 amide bonds. The van der Waals surface area contributed by atoms with Crippen LogP contribution < -0.4 is 0 Å². The van der Waals surface area contributed by atoms with Crippen molar-refractivity contribution in [2.24, 2.45) is 0 Å². The smallest absolute Gasteiger partial charge is 0.197 e. The van der Waals surface area contributed by atoms with Crippen molar-refractivity contribution in [1.82, 2.24) is 14.6 Å². The summed E-state index contributed by atoms with van der Waals surface area (Å²) in [5.41, 5.74) is -0.0473. The lowest BCUT2D eigenvalue weighted by Gasteiger charge is -2.04. The standard InChI is InChI=1S/C9H9F2N3O/c10-7-4-14-5-12-13-9(14)8(11)6(7)2-1-3-15/h4-5,15H,1-3H2. The molecule has 1 N–H and O–H groups in total. The average molecular weight is 213 g/mol. The second kappa shape index (κ2) is 3.90. The van der Waals surface area contributed by atoms with E-state index >= 15 is 0 Å². The Morgan fingerprint density at radius 1 is 1.40 bits per heavy atom. The summed E-state index contributed by atoms with van der Waals surface area (Å²) in [4.78, 5) is 0. The van der Waals surface area contributed by atoms with E-state index < -0.39 is 11.6 Å². The number of aliphatic hydroxyl groups is 1. The normalized spacial score (nSPS) is 11.1. The number of aromatic nitrogens is 3. The minimum absolute atomic E-state index is 0.00402. The van der Waals surface area contributed by atoms with E-state index in [-0.39, 0.29) is 24.2 Å². The molecule has 2 aromatic rings. The van der Waals surface area contributed by atoms with Crippen LogP contribution in [0, 0.1) is 11.6 Å². The van der Waals surface area contributed by atoms with Gasteiger partial charge in [0.1, 0.15) is 12.1 Å². The van der Waals surface area contributed by atoms with E-state index in [0.29, 0.717) is 6.42 Å².